The molecular formula is C15H21ClO. The highest BCUT2D eigenvalue weighted by atomic mass is 35.5. The van der Waals surface area contributed by atoms with Crippen molar-refractivity contribution >= 4 is 11.6 Å². The third-order valence-corrected chi connectivity index (χ3v) is 4.02. The molecule has 1 aliphatic heterocycles. The summed E-state index contributed by atoms with van der Waals surface area (Å²) in [5.74, 6) is 1.28. The maximum absolute atomic E-state index is 5.95. The van der Waals surface area contributed by atoms with Crippen molar-refractivity contribution in [2.75, 3.05) is 19.1 Å². The summed E-state index contributed by atoms with van der Waals surface area (Å²) in [6.07, 6.45) is 1.01. The van der Waals surface area contributed by atoms with Crippen LogP contribution in [0.3, 0.4) is 0 Å². The largest absolute Gasteiger partial charge is 0.379 e. The van der Waals surface area contributed by atoms with Crippen LogP contribution < -0.4 is 0 Å². The smallest absolute Gasteiger partial charge is 0.0586 e. The molecule has 0 amide bonds. The van der Waals surface area contributed by atoms with Crippen molar-refractivity contribution in [1.82, 2.24) is 0 Å². The van der Waals surface area contributed by atoms with Crippen LogP contribution in [-0.2, 0) is 10.2 Å². The van der Waals surface area contributed by atoms with Crippen LogP contribution in [0, 0.1) is 6.92 Å². The first-order valence-corrected chi connectivity index (χ1v) is 6.87. The van der Waals surface area contributed by atoms with E-state index in [1.807, 2.05) is 0 Å². The van der Waals surface area contributed by atoms with Crippen LogP contribution in [0.5, 0.6) is 0 Å². The third kappa shape index (κ3) is 2.36. The van der Waals surface area contributed by atoms with Crippen molar-refractivity contribution in [3.8, 4) is 0 Å². The molecule has 0 N–H and O–H groups in total. The van der Waals surface area contributed by atoms with Gasteiger partial charge < -0.3 is 4.74 Å². The Bertz CT molecular complexity index is 394. The predicted octanol–water partition coefficient (Wildman–Crippen LogP) is 4.02. The first-order chi connectivity index (χ1) is 8.09. The summed E-state index contributed by atoms with van der Waals surface area (Å²) in [5.41, 5.74) is 4.39. The summed E-state index contributed by atoms with van der Waals surface area (Å²) < 4.78 is 5.44. The maximum Gasteiger partial charge on any atom is 0.0586 e. The van der Waals surface area contributed by atoms with Gasteiger partial charge in [0.25, 0.3) is 0 Å². The van der Waals surface area contributed by atoms with Crippen LogP contribution in [0.4, 0.5) is 0 Å². The van der Waals surface area contributed by atoms with Gasteiger partial charge in [-0.15, -0.1) is 11.6 Å². The standard InChI is InChI=1S/C15H21ClO/c1-11(2)13-5-4-12(3)14(8-13)15(6-7-16)9-17-10-15/h4-5,8,11H,6-7,9-10H2,1-3H3. The number of ether oxygens (including phenoxy) is 1. The van der Waals surface area contributed by atoms with Gasteiger partial charge in [0.1, 0.15) is 0 Å². The highest BCUT2D eigenvalue weighted by Crippen LogP contribution is 2.39. The van der Waals surface area contributed by atoms with E-state index >= 15 is 0 Å². The van der Waals surface area contributed by atoms with Crippen LogP contribution in [-0.4, -0.2) is 19.1 Å². The number of hydrogen-bond donors (Lipinski definition) is 0. The lowest BCUT2D eigenvalue weighted by molar-refractivity contribution is -0.0619. The number of aryl methyl sites for hydroxylation is 1. The molecule has 17 heavy (non-hydrogen) atoms. The third-order valence-electron chi connectivity index (χ3n) is 3.83. The van der Waals surface area contributed by atoms with E-state index in [0.717, 1.165) is 19.6 Å². The van der Waals surface area contributed by atoms with Crippen LogP contribution in [0.25, 0.3) is 0 Å². The molecule has 1 heterocycles. The molecule has 0 bridgehead atoms. The molecule has 1 aromatic carbocycles. The molecule has 0 saturated carbocycles. The van der Waals surface area contributed by atoms with Gasteiger partial charge in [-0.3, -0.25) is 0 Å². The van der Waals surface area contributed by atoms with Gasteiger partial charge in [0.2, 0.25) is 0 Å². The predicted molar refractivity (Wildman–Crippen MR) is 73.1 cm³/mol. The number of alkyl halides is 1. The molecule has 1 nitrogen and oxygen atoms in total. The number of rotatable bonds is 4. The molecular weight excluding hydrogens is 232 g/mol. The van der Waals surface area contributed by atoms with E-state index in [-0.39, 0.29) is 5.41 Å². The zero-order valence-electron chi connectivity index (χ0n) is 10.9. The van der Waals surface area contributed by atoms with Crippen molar-refractivity contribution in [3.63, 3.8) is 0 Å². The molecule has 1 saturated heterocycles. The molecule has 0 aliphatic carbocycles. The van der Waals surface area contributed by atoms with Gasteiger partial charge in [0.15, 0.2) is 0 Å². The minimum absolute atomic E-state index is 0.177. The average molecular weight is 253 g/mol. The van der Waals surface area contributed by atoms with Crippen molar-refractivity contribution in [2.24, 2.45) is 0 Å². The highest BCUT2D eigenvalue weighted by Gasteiger charge is 2.40. The van der Waals surface area contributed by atoms with E-state index < -0.39 is 0 Å². The second-order valence-corrected chi connectivity index (χ2v) is 5.82. The van der Waals surface area contributed by atoms with E-state index in [2.05, 4.69) is 39.0 Å². The molecule has 1 fully saturated rings. The molecule has 1 aromatic rings. The fraction of sp³-hybridized carbons (Fsp3) is 0.600. The molecule has 0 atom stereocenters. The number of benzene rings is 1. The Morgan fingerprint density at radius 1 is 1.35 bits per heavy atom. The van der Waals surface area contributed by atoms with Crippen LogP contribution in [0.2, 0.25) is 0 Å². The van der Waals surface area contributed by atoms with Gasteiger partial charge in [0.05, 0.1) is 13.2 Å². The molecule has 94 valence electrons. The normalized spacial score (nSPS) is 18.2. The van der Waals surface area contributed by atoms with Crippen LogP contribution in [0.15, 0.2) is 18.2 Å². The second-order valence-electron chi connectivity index (χ2n) is 5.44. The lowest BCUT2D eigenvalue weighted by Crippen LogP contribution is -2.47. The van der Waals surface area contributed by atoms with E-state index in [1.165, 1.54) is 16.7 Å². The molecule has 0 unspecified atom stereocenters. The van der Waals surface area contributed by atoms with Gasteiger partial charge in [0, 0.05) is 11.3 Å². The first-order valence-electron chi connectivity index (χ1n) is 6.34. The zero-order valence-corrected chi connectivity index (χ0v) is 11.7. The number of hydrogen-bond acceptors (Lipinski definition) is 1. The Balaban J connectivity index is 2.39. The molecule has 2 heteroatoms. The van der Waals surface area contributed by atoms with Gasteiger partial charge in [-0.25, -0.2) is 0 Å². The van der Waals surface area contributed by atoms with Gasteiger partial charge in [-0.1, -0.05) is 32.0 Å². The number of halogens is 1. The highest BCUT2D eigenvalue weighted by molar-refractivity contribution is 6.17. The van der Waals surface area contributed by atoms with Crippen molar-refractivity contribution in [1.29, 1.82) is 0 Å². The first kappa shape index (κ1) is 12.9. The van der Waals surface area contributed by atoms with Gasteiger partial charge >= 0.3 is 0 Å². The van der Waals surface area contributed by atoms with Crippen molar-refractivity contribution < 1.29 is 4.74 Å². The molecule has 0 radical (unpaired) electrons. The van der Waals surface area contributed by atoms with Crippen molar-refractivity contribution in [2.45, 2.75) is 38.5 Å². The second kappa shape index (κ2) is 4.99. The van der Waals surface area contributed by atoms with Crippen LogP contribution >= 0.6 is 11.6 Å². The fourth-order valence-corrected chi connectivity index (χ4v) is 2.90. The SMILES string of the molecule is Cc1ccc(C(C)C)cc1C1(CCCl)COC1. The minimum Gasteiger partial charge on any atom is -0.379 e. The molecule has 2 rings (SSSR count). The van der Waals surface area contributed by atoms with Gasteiger partial charge in [-0.05, 0) is 36.0 Å². The Morgan fingerprint density at radius 2 is 2.06 bits per heavy atom. The van der Waals surface area contributed by atoms with Crippen molar-refractivity contribution in [3.05, 3.63) is 34.9 Å². The zero-order chi connectivity index (χ0) is 12.5. The fourth-order valence-electron chi connectivity index (χ4n) is 2.53. The van der Waals surface area contributed by atoms with Crippen LogP contribution in [0.1, 0.15) is 42.9 Å². The monoisotopic (exact) mass is 252 g/mol. The summed E-state index contributed by atoms with van der Waals surface area (Å²) in [4.78, 5) is 0. The summed E-state index contributed by atoms with van der Waals surface area (Å²) >= 11 is 5.95. The maximum atomic E-state index is 5.95. The minimum atomic E-state index is 0.177. The summed E-state index contributed by atoms with van der Waals surface area (Å²) in [6.45, 7) is 8.30. The Kier molecular flexibility index (Phi) is 3.79. The molecule has 1 aliphatic rings. The van der Waals surface area contributed by atoms with E-state index in [1.54, 1.807) is 0 Å². The van der Waals surface area contributed by atoms with Gasteiger partial charge in [-0.2, -0.15) is 0 Å². The summed E-state index contributed by atoms with van der Waals surface area (Å²) in [7, 11) is 0. The van der Waals surface area contributed by atoms with E-state index in [0.29, 0.717) is 11.8 Å². The lowest BCUT2D eigenvalue weighted by Gasteiger charge is -2.43. The quantitative estimate of drug-likeness (QED) is 0.736. The summed E-state index contributed by atoms with van der Waals surface area (Å²) in [5, 5.41) is 0. The summed E-state index contributed by atoms with van der Waals surface area (Å²) in [6, 6.07) is 6.82. The average Bonchev–Trinajstić information content (AvgIpc) is 2.24. The topological polar surface area (TPSA) is 9.23 Å². The Morgan fingerprint density at radius 3 is 2.53 bits per heavy atom. The Hall–Kier alpha value is -0.530. The van der Waals surface area contributed by atoms with E-state index in [9.17, 15) is 0 Å². The Labute approximate surface area is 109 Å². The molecule has 0 spiro atoms. The lowest BCUT2D eigenvalue weighted by atomic mass is 9.73. The molecule has 0 aromatic heterocycles. The van der Waals surface area contributed by atoms with E-state index in [4.69, 9.17) is 16.3 Å².